The molecule has 0 saturated heterocycles. The van der Waals surface area contributed by atoms with E-state index in [1.54, 1.807) is 18.3 Å². The zero-order chi connectivity index (χ0) is 17.1. The molecule has 0 N–H and O–H groups in total. The average Bonchev–Trinajstić information content (AvgIpc) is 3.03. The highest BCUT2D eigenvalue weighted by molar-refractivity contribution is 6.32. The molecule has 0 spiro atoms. The summed E-state index contributed by atoms with van der Waals surface area (Å²) in [6.45, 7) is 3.51. The molecule has 1 aliphatic rings. The molecular weight excluding hydrogens is 328 g/mol. The Labute approximate surface area is 146 Å². The molecule has 0 fully saturated rings. The number of amides is 1. The molecule has 0 bridgehead atoms. The third-order valence-electron chi connectivity index (χ3n) is 4.30. The lowest BCUT2D eigenvalue weighted by atomic mass is 9.98. The first-order chi connectivity index (χ1) is 11.5. The smallest absolute Gasteiger partial charge is 0.227 e. The molecule has 1 amide bonds. The van der Waals surface area contributed by atoms with E-state index in [1.807, 2.05) is 29.8 Å². The third-order valence-corrected chi connectivity index (χ3v) is 4.60. The van der Waals surface area contributed by atoms with Gasteiger partial charge in [-0.3, -0.25) is 4.79 Å². The summed E-state index contributed by atoms with van der Waals surface area (Å²) in [4.78, 5) is 18.5. The van der Waals surface area contributed by atoms with Crippen molar-refractivity contribution in [1.82, 2.24) is 19.7 Å². The fourth-order valence-electron chi connectivity index (χ4n) is 2.88. The van der Waals surface area contributed by atoms with Gasteiger partial charge >= 0.3 is 0 Å². The second-order valence-electron chi connectivity index (χ2n) is 6.14. The molecule has 2 aromatic rings. The van der Waals surface area contributed by atoms with Crippen LogP contribution in [0.3, 0.4) is 0 Å². The van der Waals surface area contributed by atoms with Crippen LogP contribution >= 0.6 is 11.6 Å². The van der Waals surface area contributed by atoms with Crippen LogP contribution in [0.5, 0.6) is 5.75 Å². The van der Waals surface area contributed by atoms with Crippen molar-refractivity contribution in [2.24, 2.45) is 5.92 Å². The number of likely N-dealkylation sites (N-methyl/N-ethyl adjacent to an activating group) is 1. The van der Waals surface area contributed by atoms with Gasteiger partial charge in [0.05, 0.1) is 24.0 Å². The van der Waals surface area contributed by atoms with Gasteiger partial charge in [0.2, 0.25) is 5.91 Å². The lowest BCUT2D eigenvalue weighted by molar-refractivity contribution is -0.135. The Hall–Kier alpha value is -2.08. The molecule has 1 atom stereocenters. The van der Waals surface area contributed by atoms with E-state index in [4.69, 9.17) is 16.3 Å². The largest absolute Gasteiger partial charge is 0.490 e. The first kappa shape index (κ1) is 16.8. The van der Waals surface area contributed by atoms with Crippen LogP contribution < -0.4 is 4.74 Å². The van der Waals surface area contributed by atoms with Crippen LogP contribution in [0.4, 0.5) is 0 Å². The number of hydrogen-bond acceptors (Lipinski definition) is 4. The molecular formula is C17H21ClN4O2. The minimum Gasteiger partial charge on any atom is -0.490 e. The fraction of sp³-hybridized carbons (Fsp3) is 0.471. The predicted octanol–water partition coefficient (Wildman–Crippen LogP) is 2.34. The molecule has 128 valence electrons. The molecule has 1 aliphatic heterocycles. The number of halogens is 1. The van der Waals surface area contributed by atoms with Gasteiger partial charge in [0.25, 0.3) is 0 Å². The number of ether oxygens (including phenoxy) is 1. The first-order valence-corrected chi connectivity index (χ1v) is 8.43. The van der Waals surface area contributed by atoms with Crippen LogP contribution in [0.2, 0.25) is 5.02 Å². The number of fused-ring (bicyclic) bond motifs is 1. The minimum absolute atomic E-state index is 0.0489. The van der Waals surface area contributed by atoms with Gasteiger partial charge in [0.1, 0.15) is 24.5 Å². The normalized spacial score (nSPS) is 16.5. The number of aromatic nitrogens is 3. The van der Waals surface area contributed by atoms with Crippen LogP contribution in [0.1, 0.15) is 17.8 Å². The van der Waals surface area contributed by atoms with Crippen molar-refractivity contribution in [1.29, 1.82) is 0 Å². The number of benzene rings is 1. The molecule has 1 aromatic carbocycles. The summed E-state index contributed by atoms with van der Waals surface area (Å²) in [6, 6.07) is 5.67. The van der Waals surface area contributed by atoms with Crippen molar-refractivity contribution in [2.45, 2.75) is 26.3 Å². The molecule has 24 heavy (non-hydrogen) atoms. The van der Waals surface area contributed by atoms with Crippen LogP contribution in [0.25, 0.3) is 0 Å². The number of carbonyl (C=O) groups excluding carboxylic acids is 1. The Morgan fingerprint density at radius 2 is 2.33 bits per heavy atom. The number of aryl methyl sites for hydroxylation is 2. The monoisotopic (exact) mass is 348 g/mol. The summed E-state index contributed by atoms with van der Waals surface area (Å²) >= 11 is 6.15. The molecule has 6 nitrogen and oxygen atoms in total. The molecule has 2 heterocycles. The zero-order valence-electron chi connectivity index (χ0n) is 13.9. The van der Waals surface area contributed by atoms with E-state index in [1.165, 1.54) is 0 Å². The summed E-state index contributed by atoms with van der Waals surface area (Å²) in [5, 5.41) is 4.76. The molecule has 1 unspecified atom stereocenters. The van der Waals surface area contributed by atoms with Crippen molar-refractivity contribution in [3.8, 4) is 5.75 Å². The van der Waals surface area contributed by atoms with Crippen molar-refractivity contribution < 1.29 is 9.53 Å². The van der Waals surface area contributed by atoms with Gasteiger partial charge in [-0.2, -0.15) is 5.10 Å². The summed E-state index contributed by atoms with van der Waals surface area (Å²) < 4.78 is 7.51. The minimum atomic E-state index is -0.0489. The number of nitrogens with zero attached hydrogens (tertiary/aromatic N) is 4. The van der Waals surface area contributed by atoms with E-state index in [-0.39, 0.29) is 11.8 Å². The van der Waals surface area contributed by atoms with Crippen molar-refractivity contribution >= 4 is 17.5 Å². The van der Waals surface area contributed by atoms with E-state index in [0.717, 1.165) is 24.2 Å². The van der Waals surface area contributed by atoms with E-state index in [9.17, 15) is 4.79 Å². The van der Waals surface area contributed by atoms with Gasteiger partial charge in [-0.1, -0.05) is 17.7 Å². The van der Waals surface area contributed by atoms with E-state index < -0.39 is 0 Å². The van der Waals surface area contributed by atoms with Crippen molar-refractivity contribution in [2.75, 3.05) is 20.2 Å². The summed E-state index contributed by atoms with van der Waals surface area (Å²) in [6.07, 6.45) is 3.15. The van der Waals surface area contributed by atoms with Gasteiger partial charge in [0.15, 0.2) is 0 Å². The topological polar surface area (TPSA) is 60.2 Å². The maximum atomic E-state index is 12.6. The molecule has 0 saturated carbocycles. The predicted molar refractivity (Wildman–Crippen MR) is 91.2 cm³/mol. The van der Waals surface area contributed by atoms with Crippen LogP contribution in [-0.4, -0.2) is 45.8 Å². The van der Waals surface area contributed by atoms with E-state index >= 15 is 0 Å². The molecule has 0 radical (unpaired) electrons. The molecule has 1 aromatic heterocycles. The number of rotatable bonds is 5. The number of carbonyl (C=O) groups is 1. The highest BCUT2D eigenvalue weighted by atomic mass is 35.5. The zero-order valence-corrected chi connectivity index (χ0v) is 14.7. The molecule has 0 aliphatic carbocycles. The summed E-state index contributed by atoms with van der Waals surface area (Å²) in [5.41, 5.74) is 1.09. The van der Waals surface area contributed by atoms with Gasteiger partial charge in [-0.05, 0) is 31.0 Å². The first-order valence-electron chi connectivity index (χ1n) is 8.05. The highest BCUT2D eigenvalue weighted by Crippen LogP contribution is 2.25. The Balaban J connectivity index is 1.50. The van der Waals surface area contributed by atoms with Crippen LogP contribution in [0.15, 0.2) is 24.5 Å². The van der Waals surface area contributed by atoms with Crippen LogP contribution in [-0.2, 0) is 17.8 Å². The maximum Gasteiger partial charge on any atom is 0.227 e. The Morgan fingerprint density at radius 3 is 3.12 bits per heavy atom. The summed E-state index contributed by atoms with van der Waals surface area (Å²) in [7, 11) is 1.80. The van der Waals surface area contributed by atoms with Gasteiger partial charge < -0.3 is 9.64 Å². The Kier molecular flexibility index (Phi) is 5.04. The average molecular weight is 349 g/mol. The lowest BCUT2D eigenvalue weighted by Crippen LogP contribution is -2.39. The van der Waals surface area contributed by atoms with Gasteiger partial charge in [-0.25, -0.2) is 9.67 Å². The van der Waals surface area contributed by atoms with Crippen molar-refractivity contribution in [3.05, 3.63) is 40.9 Å². The van der Waals surface area contributed by atoms with E-state index in [0.29, 0.717) is 30.5 Å². The molecule has 3 rings (SSSR count). The second-order valence-corrected chi connectivity index (χ2v) is 6.54. The third kappa shape index (κ3) is 3.70. The number of hydrogen-bond donors (Lipinski definition) is 0. The molecule has 7 heteroatoms. The summed E-state index contributed by atoms with van der Waals surface area (Å²) in [5.74, 6) is 1.68. The van der Waals surface area contributed by atoms with E-state index in [2.05, 4.69) is 10.1 Å². The fourth-order valence-corrected chi connectivity index (χ4v) is 3.17. The van der Waals surface area contributed by atoms with Crippen molar-refractivity contribution in [3.63, 3.8) is 0 Å². The highest BCUT2D eigenvalue weighted by Gasteiger charge is 2.27. The standard InChI is InChI=1S/C17H21ClN4O2/c1-12-3-5-15(14(18)9-12)24-8-7-21(2)17(23)13-4-6-16-19-11-20-22(16)10-13/h3,5,9,11,13H,4,6-8,10H2,1-2H3. The lowest BCUT2D eigenvalue weighted by Gasteiger charge is -2.26. The van der Waals surface area contributed by atoms with Gasteiger partial charge in [0, 0.05) is 13.5 Å². The SMILES string of the molecule is Cc1ccc(OCCN(C)C(=O)C2CCc3ncnn3C2)c(Cl)c1. The maximum absolute atomic E-state index is 12.6. The quantitative estimate of drug-likeness (QED) is 0.832. The van der Waals surface area contributed by atoms with Crippen LogP contribution in [0, 0.1) is 12.8 Å². The Morgan fingerprint density at radius 1 is 1.50 bits per heavy atom. The van der Waals surface area contributed by atoms with Gasteiger partial charge in [-0.15, -0.1) is 0 Å². The second kappa shape index (κ2) is 7.21. The Bertz CT molecular complexity index is 731.